The van der Waals surface area contributed by atoms with Crippen molar-refractivity contribution < 1.29 is 17.9 Å². The van der Waals surface area contributed by atoms with Gasteiger partial charge in [-0.25, -0.2) is 0 Å². The molecule has 90 valence electrons. The Bertz CT molecular complexity index is 218. The van der Waals surface area contributed by atoms with E-state index in [9.17, 15) is 13.2 Å². The molecule has 0 amide bonds. The number of alkyl halides is 3. The summed E-state index contributed by atoms with van der Waals surface area (Å²) in [5, 5.41) is 0. The first-order chi connectivity index (χ1) is 6.79. The second-order valence-corrected chi connectivity index (χ2v) is 4.35. The third-order valence-electron chi connectivity index (χ3n) is 2.69. The second kappa shape index (κ2) is 4.27. The number of morpholine rings is 1. The summed E-state index contributed by atoms with van der Waals surface area (Å²) in [5.74, 6) is 0. The van der Waals surface area contributed by atoms with Crippen molar-refractivity contribution >= 4 is 0 Å². The predicted molar refractivity (Wildman–Crippen MR) is 50.5 cm³/mol. The molecule has 0 aliphatic carbocycles. The lowest BCUT2D eigenvalue weighted by molar-refractivity contribution is -0.209. The normalized spacial score (nSPS) is 25.2. The first-order valence-corrected chi connectivity index (χ1v) is 4.90. The summed E-state index contributed by atoms with van der Waals surface area (Å²) in [5.41, 5.74) is 4.60. The SMILES string of the molecule is CC1(C)COCCN1C(CN)C(F)(F)F. The fourth-order valence-electron chi connectivity index (χ4n) is 1.89. The van der Waals surface area contributed by atoms with E-state index in [1.165, 1.54) is 4.90 Å². The van der Waals surface area contributed by atoms with Crippen LogP contribution < -0.4 is 5.73 Å². The van der Waals surface area contributed by atoms with Crippen LogP contribution in [-0.2, 0) is 4.74 Å². The van der Waals surface area contributed by atoms with Gasteiger partial charge in [0.15, 0.2) is 0 Å². The van der Waals surface area contributed by atoms with Crippen molar-refractivity contribution in [3.8, 4) is 0 Å². The van der Waals surface area contributed by atoms with E-state index < -0.39 is 24.3 Å². The van der Waals surface area contributed by atoms with Crippen molar-refractivity contribution in [3.63, 3.8) is 0 Å². The number of nitrogens with zero attached hydrogens (tertiary/aromatic N) is 1. The highest BCUT2D eigenvalue weighted by Crippen LogP contribution is 2.30. The van der Waals surface area contributed by atoms with Crippen LogP contribution in [0.2, 0.25) is 0 Å². The molecule has 1 aliphatic heterocycles. The highest BCUT2D eigenvalue weighted by Gasteiger charge is 2.48. The maximum atomic E-state index is 12.7. The molecule has 1 unspecified atom stereocenters. The van der Waals surface area contributed by atoms with E-state index >= 15 is 0 Å². The molecule has 0 aromatic rings. The van der Waals surface area contributed by atoms with Gasteiger partial charge in [0.2, 0.25) is 0 Å². The maximum Gasteiger partial charge on any atom is 0.405 e. The lowest BCUT2D eigenvalue weighted by Gasteiger charge is -2.46. The Morgan fingerprint density at radius 3 is 2.47 bits per heavy atom. The Morgan fingerprint density at radius 1 is 1.47 bits per heavy atom. The summed E-state index contributed by atoms with van der Waals surface area (Å²) in [7, 11) is 0. The minimum atomic E-state index is -4.27. The first-order valence-electron chi connectivity index (χ1n) is 4.90. The van der Waals surface area contributed by atoms with Crippen LogP contribution in [0.3, 0.4) is 0 Å². The Morgan fingerprint density at radius 2 is 2.07 bits per heavy atom. The average molecular weight is 226 g/mol. The smallest absolute Gasteiger partial charge is 0.378 e. The quantitative estimate of drug-likeness (QED) is 0.763. The van der Waals surface area contributed by atoms with E-state index in [-0.39, 0.29) is 6.54 Å². The van der Waals surface area contributed by atoms with Gasteiger partial charge in [-0.2, -0.15) is 13.2 Å². The molecule has 0 aromatic carbocycles. The molecule has 1 aliphatic rings. The van der Waals surface area contributed by atoms with Crippen molar-refractivity contribution in [1.82, 2.24) is 4.90 Å². The van der Waals surface area contributed by atoms with E-state index in [4.69, 9.17) is 10.5 Å². The van der Waals surface area contributed by atoms with Crippen molar-refractivity contribution in [2.75, 3.05) is 26.3 Å². The van der Waals surface area contributed by atoms with Crippen LogP contribution in [0.5, 0.6) is 0 Å². The molecular weight excluding hydrogens is 209 g/mol. The zero-order valence-corrected chi connectivity index (χ0v) is 8.97. The predicted octanol–water partition coefficient (Wildman–Crippen LogP) is 0.987. The molecule has 6 heteroatoms. The molecule has 1 rings (SSSR count). The summed E-state index contributed by atoms with van der Waals surface area (Å²) in [6.07, 6.45) is -4.27. The van der Waals surface area contributed by atoms with Gasteiger partial charge in [-0.05, 0) is 13.8 Å². The van der Waals surface area contributed by atoms with Gasteiger partial charge in [-0.1, -0.05) is 0 Å². The highest BCUT2D eigenvalue weighted by atomic mass is 19.4. The van der Waals surface area contributed by atoms with Crippen molar-refractivity contribution in [2.24, 2.45) is 5.73 Å². The van der Waals surface area contributed by atoms with Crippen LogP contribution in [0, 0.1) is 0 Å². The largest absolute Gasteiger partial charge is 0.405 e. The molecule has 2 N–H and O–H groups in total. The van der Waals surface area contributed by atoms with Crippen LogP contribution in [-0.4, -0.2) is 49.0 Å². The van der Waals surface area contributed by atoms with E-state index in [2.05, 4.69) is 0 Å². The van der Waals surface area contributed by atoms with Crippen molar-refractivity contribution in [3.05, 3.63) is 0 Å². The van der Waals surface area contributed by atoms with E-state index in [1.807, 2.05) is 0 Å². The van der Waals surface area contributed by atoms with Crippen molar-refractivity contribution in [1.29, 1.82) is 0 Å². The minimum absolute atomic E-state index is 0.272. The van der Waals surface area contributed by atoms with Crippen LogP contribution in [0.25, 0.3) is 0 Å². The number of halogens is 3. The summed E-state index contributed by atoms with van der Waals surface area (Å²) >= 11 is 0. The standard InChI is InChI=1S/C9H17F3N2O/c1-8(2)6-15-4-3-14(8)7(5-13)9(10,11)12/h7H,3-6,13H2,1-2H3. The van der Waals surface area contributed by atoms with E-state index in [0.717, 1.165) is 0 Å². The van der Waals surface area contributed by atoms with Crippen LogP contribution in [0.1, 0.15) is 13.8 Å². The number of rotatable bonds is 2. The van der Waals surface area contributed by atoms with Crippen LogP contribution >= 0.6 is 0 Å². The Kier molecular flexibility index (Phi) is 3.63. The van der Waals surface area contributed by atoms with Crippen LogP contribution in [0.15, 0.2) is 0 Å². The molecule has 0 spiro atoms. The molecule has 0 saturated carbocycles. The summed E-state index contributed by atoms with van der Waals surface area (Å²) < 4.78 is 43.2. The number of nitrogens with two attached hydrogens (primary N) is 1. The fourth-order valence-corrected chi connectivity index (χ4v) is 1.89. The molecule has 1 atom stereocenters. The second-order valence-electron chi connectivity index (χ2n) is 4.35. The zero-order chi connectivity index (χ0) is 11.7. The number of hydrogen-bond acceptors (Lipinski definition) is 3. The third-order valence-corrected chi connectivity index (χ3v) is 2.69. The molecule has 0 bridgehead atoms. The van der Waals surface area contributed by atoms with Gasteiger partial charge in [0.1, 0.15) is 6.04 Å². The third kappa shape index (κ3) is 2.83. The van der Waals surface area contributed by atoms with E-state index in [1.54, 1.807) is 13.8 Å². The molecule has 1 heterocycles. The first kappa shape index (κ1) is 12.7. The van der Waals surface area contributed by atoms with Gasteiger partial charge >= 0.3 is 6.18 Å². The molecular formula is C9H17F3N2O. The van der Waals surface area contributed by atoms with E-state index in [0.29, 0.717) is 13.2 Å². The Hall–Kier alpha value is -0.330. The highest BCUT2D eigenvalue weighted by molar-refractivity contribution is 4.92. The Labute approximate surface area is 87.4 Å². The van der Waals surface area contributed by atoms with Gasteiger partial charge in [0.25, 0.3) is 0 Å². The van der Waals surface area contributed by atoms with Gasteiger partial charge < -0.3 is 10.5 Å². The van der Waals surface area contributed by atoms with Crippen LogP contribution in [0.4, 0.5) is 13.2 Å². The maximum absolute atomic E-state index is 12.7. The van der Waals surface area contributed by atoms with Gasteiger partial charge in [-0.3, -0.25) is 4.90 Å². The molecule has 0 aromatic heterocycles. The molecule has 0 radical (unpaired) electrons. The van der Waals surface area contributed by atoms with Gasteiger partial charge in [0.05, 0.1) is 13.2 Å². The summed E-state index contributed by atoms with van der Waals surface area (Å²) in [6, 6.07) is -1.57. The molecule has 1 saturated heterocycles. The monoisotopic (exact) mass is 226 g/mol. The minimum Gasteiger partial charge on any atom is -0.378 e. The number of ether oxygens (including phenoxy) is 1. The van der Waals surface area contributed by atoms with Gasteiger partial charge in [-0.15, -0.1) is 0 Å². The summed E-state index contributed by atoms with van der Waals surface area (Å²) in [4.78, 5) is 1.39. The zero-order valence-electron chi connectivity index (χ0n) is 8.97. The average Bonchev–Trinajstić information content (AvgIpc) is 2.06. The topological polar surface area (TPSA) is 38.5 Å². The fraction of sp³-hybridized carbons (Fsp3) is 1.00. The molecule has 15 heavy (non-hydrogen) atoms. The summed E-state index contributed by atoms with van der Waals surface area (Å²) in [6.45, 7) is 3.97. The lowest BCUT2D eigenvalue weighted by Crippen LogP contribution is -2.63. The molecule has 3 nitrogen and oxygen atoms in total. The lowest BCUT2D eigenvalue weighted by atomic mass is 9.99. The molecule has 1 fully saturated rings. The Balaban J connectivity index is 2.82. The number of hydrogen-bond donors (Lipinski definition) is 1. The van der Waals surface area contributed by atoms with Crippen molar-refractivity contribution in [2.45, 2.75) is 31.6 Å². The van der Waals surface area contributed by atoms with Gasteiger partial charge in [0, 0.05) is 18.6 Å².